The van der Waals surface area contributed by atoms with Crippen LogP contribution in [0, 0.1) is 0 Å². The maximum absolute atomic E-state index is 12.3. The van der Waals surface area contributed by atoms with Crippen molar-refractivity contribution in [2.24, 2.45) is 0 Å². The van der Waals surface area contributed by atoms with Crippen LogP contribution < -0.4 is 4.74 Å². The van der Waals surface area contributed by atoms with Crippen LogP contribution in [0.15, 0.2) is 48.5 Å². The van der Waals surface area contributed by atoms with Crippen LogP contribution >= 0.6 is 0 Å². The van der Waals surface area contributed by atoms with Crippen LogP contribution in [0.5, 0.6) is 5.75 Å². The Labute approximate surface area is 123 Å². The van der Waals surface area contributed by atoms with Crippen LogP contribution in [-0.2, 0) is 0 Å². The molecule has 21 heavy (non-hydrogen) atoms. The van der Waals surface area contributed by atoms with Crippen LogP contribution in [0.2, 0.25) is 0 Å². The first-order valence-electron chi connectivity index (χ1n) is 6.81. The summed E-state index contributed by atoms with van der Waals surface area (Å²) in [5.41, 5.74) is 2.25. The summed E-state index contributed by atoms with van der Waals surface area (Å²) in [6, 6.07) is 14.3. The maximum Gasteiger partial charge on any atom is 0.254 e. The lowest BCUT2D eigenvalue weighted by molar-refractivity contribution is 0.0514. The van der Waals surface area contributed by atoms with Crippen molar-refractivity contribution in [3.05, 3.63) is 65.2 Å². The molecule has 1 heterocycles. The van der Waals surface area contributed by atoms with Crippen molar-refractivity contribution in [1.82, 2.24) is 4.90 Å². The fourth-order valence-electron chi connectivity index (χ4n) is 2.86. The van der Waals surface area contributed by atoms with Crippen molar-refractivity contribution in [1.29, 1.82) is 0 Å². The van der Waals surface area contributed by atoms with Crippen molar-refractivity contribution >= 4 is 5.91 Å². The number of rotatable bonds is 3. The van der Waals surface area contributed by atoms with Gasteiger partial charge in [-0.05, 0) is 29.3 Å². The lowest BCUT2D eigenvalue weighted by Gasteiger charge is -2.26. The standard InChI is InChI=1S/C17H17NO3/c1-18-15(13-8-3-4-9-14(13)17(18)20)16(19)11-6-5-7-12(10-11)21-2/h3-10,15-16,19H,1-2H3/t15-,16-/m1/s1. The van der Waals surface area contributed by atoms with Crippen LogP contribution in [0.4, 0.5) is 0 Å². The number of amides is 1. The van der Waals surface area contributed by atoms with E-state index in [0.717, 1.165) is 11.1 Å². The van der Waals surface area contributed by atoms with Crippen molar-refractivity contribution in [2.45, 2.75) is 12.1 Å². The number of fused-ring (bicyclic) bond motifs is 1. The third-order valence-electron chi connectivity index (χ3n) is 3.98. The van der Waals surface area contributed by atoms with Gasteiger partial charge in [-0.3, -0.25) is 4.79 Å². The first kappa shape index (κ1) is 13.6. The van der Waals surface area contributed by atoms with E-state index >= 15 is 0 Å². The summed E-state index contributed by atoms with van der Waals surface area (Å²) in [5.74, 6) is 0.629. The van der Waals surface area contributed by atoms with E-state index in [1.54, 1.807) is 31.2 Å². The second kappa shape index (κ2) is 5.22. The van der Waals surface area contributed by atoms with Crippen LogP contribution in [0.3, 0.4) is 0 Å². The molecule has 2 aromatic carbocycles. The molecule has 108 valence electrons. The van der Waals surface area contributed by atoms with Gasteiger partial charge in [0.1, 0.15) is 11.9 Å². The molecule has 1 amide bonds. The largest absolute Gasteiger partial charge is 0.497 e. The van der Waals surface area contributed by atoms with Crippen molar-refractivity contribution in [3.63, 3.8) is 0 Å². The summed E-state index contributed by atoms with van der Waals surface area (Å²) in [4.78, 5) is 13.8. The molecule has 1 aliphatic rings. The van der Waals surface area contributed by atoms with Gasteiger partial charge >= 0.3 is 0 Å². The minimum Gasteiger partial charge on any atom is -0.497 e. The van der Waals surface area contributed by atoms with Gasteiger partial charge in [0.25, 0.3) is 5.91 Å². The van der Waals surface area contributed by atoms with Gasteiger partial charge in [0.15, 0.2) is 0 Å². The Morgan fingerprint density at radius 1 is 1.19 bits per heavy atom. The van der Waals surface area contributed by atoms with E-state index in [0.29, 0.717) is 11.3 Å². The summed E-state index contributed by atoms with van der Waals surface area (Å²) in [6.45, 7) is 0. The molecule has 0 spiro atoms. The highest BCUT2D eigenvalue weighted by molar-refractivity contribution is 5.99. The smallest absolute Gasteiger partial charge is 0.254 e. The van der Waals surface area contributed by atoms with Gasteiger partial charge in [-0.15, -0.1) is 0 Å². The lowest BCUT2D eigenvalue weighted by Crippen LogP contribution is -2.27. The summed E-state index contributed by atoms with van der Waals surface area (Å²) < 4.78 is 5.19. The summed E-state index contributed by atoms with van der Waals surface area (Å²) in [6.07, 6.45) is -0.794. The molecule has 0 saturated carbocycles. The maximum atomic E-state index is 12.3. The molecule has 0 saturated heterocycles. The first-order chi connectivity index (χ1) is 10.1. The van der Waals surface area contributed by atoms with E-state index in [1.165, 1.54) is 0 Å². The van der Waals surface area contributed by atoms with Gasteiger partial charge in [0, 0.05) is 12.6 Å². The lowest BCUT2D eigenvalue weighted by atomic mass is 9.95. The first-order valence-corrected chi connectivity index (χ1v) is 6.81. The number of methoxy groups -OCH3 is 1. The minimum absolute atomic E-state index is 0.0578. The molecule has 2 atom stereocenters. The van der Waals surface area contributed by atoms with E-state index in [1.807, 2.05) is 36.4 Å². The average Bonchev–Trinajstić information content (AvgIpc) is 2.79. The molecule has 0 bridgehead atoms. The Bertz CT molecular complexity index is 683. The zero-order chi connectivity index (χ0) is 15.0. The predicted molar refractivity (Wildman–Crippen MR) is 79.2 cm³/mol. The van der Waals surface area contributed by atoms with E-state index < -0.39 is 6.10 Å². The molecular weight excluding hydrogens is 266 g/mol. The molecule has 0 radical (unpaired) electrons. The molecular formula is C17H17NO3. The molecule has 3 rings (SSSR count). The summed E-state index contributed by atoms with van der Waals surface area (Å²) >= 11 is 0. The van der Waals surface area contributed by atoms with Gasteiger partial charge in [-0.25, -0.2) is 0 Å². The highest BCUT2D eigenvalue weighted by Crippen LogP contribution is 2.41. The minimum atomic E-state index is -0.794. The number of ether oxygens (including phenoxy) is 1. The SMILES string of the molecule is COc1cccc([C@@H](O)[C@H]2c3ccccc3C(=O)N2C)c1. The Hall–Kier alpha value is -2.33. The number of nitrogens with zero attached hydrogens (tertiary/aromatic N) is 1. The van der Waals surface area contributed by atoms with E-state index in [-0.39, 0.29) is 11.9 Å². The van der Waals surface area contributed by atoms with Crippen molar-refractivity contribution < 1.29 is 14.6 Å². The number of carbonyl (C=O) groups is 1. The van der Waals surface area contributed by atoms with Crippen LogP contribution in [-0.4, -0.2) is 30.1 Å². The van der Waals surface area contributed by atoms with Gasteiger partial charge in [-0.1, -0.05) is 30.3 Å². The second-order valence-corrected chi connectivity index (χ2v) is 5.17. The Morgan fingerprint density at radius 3 is 2.71 bits per heavy atom. The number of hydrogen-bond donors (Lipinski definition) is 1. The Morgan fingerprint density at radius 2 is 1.95 bits per heavy atom. The number of likely N-dealkylation sites (N-methyl/N-ethyl adjacent to an activating group) is 1. The quantitative estimate of drug-likeness (QED) is 0.941. The predicted octanol–water partition coefficient (Wildman–Crippen LogP) is 2.56. The zero-order valence-electron chi connectivity index (χ0n) is 12.0. The second-order valence-electron chi connectivity index (χ2n) is 5.17. The molecule has 0 aromatic heterocycles. The molecule has 1 aliphatic heterocycles. The third kappa shape index (κ3) is 2.17. The van der Waals surface area contributed by atoms with Gasteiger partial charge in [-0.2, -0.15) is 0 Å². The number of carbonyl (C=O) groups excluding carboxylic acids is 1. The number of aliphatic hydroxyl groups is 1. The molecule has 1 N–H and O–H groups in total. The Balaban J connectivity index is 2.01. The number of aliphatic hydroxyl groups excluding tert-OH is 1. The van der Waals surface area contributed by atoms with Gasteiger partial charge in [0.2, 0.25) is 0 Å². The number of benzene rings is 2. The average molecular weight is 283 g/mol. The van der Waals surface area contributed by atoms with E-state index in [2.05, 4.69) is 0 Å². The fraction of sp³-hybridized carbons (Fsp3) is 0.235. The Kier molecular flexibility index (Phi) is 3.39. The van der Waals surface area contributed by atoms with Gasteiger partial charge in [0.05, 0.1) is 13.2 Å². The number of hydrogen-bond acceptors (Lipinski definition) is 3. The fourth-order valence-corrected chi connectivity index (χ4v) is 2.86. The summed E-state index contributed by atoms with van der Waals surface area (Å²) in [5, 5.41) is 10.7. The molecule has 0 unspecified atom stereocenters. The third-order valence-corrected chi connectivity index (χ3v) is 3.98. The highest BCUT2D eigenvalue weighted by Gasteiger charge is 2.38. The van der Waals surface area contributed by atoms with Gasteiger partial charge < -0.3 is 14.7 Å². The molecule has 2 aromatic rings. The van der Waals surface area contributed by atoms with Crippen LogP contribution in [0.1, 0.15) is 33.6 Å². The van der Waals surface area contributed by atoms with Crippen molar-refractivity contribution in [2.75, 3.05) is 14.2 Å². The van der Waals surface area contributed by atoms with E-state index in [9.17, 15) is 9.90 Å². The molecule has 4 heteroatoms. The molecule has 0 aliphatic carbocycles. The monoisotopic (exact) mass is 283 g/mol. The molecule has 4 nitrogen and oxygen atoms in total. The normalized spacial score (nSPS) is 18.5. The molecule has 0 fully saturated rings. The highest BCUT2D eigenvalue weighted by atomic mass is 16.5. The summed E-state index contributed by atoms with van der Waals surface area (Å²) in [7, 11) is 3.31. The van der Waals surface area contributed by atoms with Crippen LogP contribution in [0.25, 0.3) is 0 Å². The zero-order valence-corrected chi connectivity index (χ0v) is 12.0. The van der Waals surface area contributed by atoms with Crippen molar-refractivity contribution in [3.8, 4) is 5.75 Å². The van der Waals surface area contributed by atoms with E-state index in [4.69, 9.17) is 4.74 Å². The topological polar surface area (TPSA) is 49.8 Å².